The molecule has 0 aliphatic carbocycles. The van der Waals surface area contributed by atoms with Crippen LogP contribution in [0, 0.1) is 5.41 Å². The van der Waals surface area contributed by atoms with Gasteiger partial charge in [0.2, 0.25) is 5.95 Å². The predicted molar refractivity (Wildman–Crippen MR) is 95.6 cm³/mol. The van der Waals surface area contributed by atoms with Crippen LogP contribution in [0.1, 0.15) is 5.56 Å². The minimum Gasteiger partial charge on any atom is -0.508 e. The number of anilines is 4. The summed E-state index contributed by atoms with van der Waals surface area (Å²) in [4.78, 5) is 7.94. The number of nitrogens with two attached hydrogens (primary N) is 2. The number of hydrogen-bond acceptors (Lipinski definition) is 7. The Labute approximate surface area is 138 Å². The van der Waals surface area contributed by atoms with Crippen molar-refractivity contribution in [3.8, 4) is 16.9 Å². The van der Waals surface area contributed by atoms with Crippen molar-refractivity contribution in [3.05, 3.63) is 54.2 Å². The van der Waals surface area contributed by atoms with Gasteiger partial charge in [-0.3, -0.25) is 0 Å². The monoisotopic (exact) mass is 320 g/mol. The summed E-state index contributed by atoms with van der Waals surface area (Å²) in [6, 6.07) is 12.0. The molecule has 0 unspecified atom stereocenters. The molecule has 0 saturated heterocycles. The molecule has 0 aliphatic rings. The molecule has 7 N–H and O–H groups in total. The minimum atomic E-state index is 0.168. The van der Waals surface area contributed by atoms with Gasteiger partial charge in [-0.1, -0.05) is 12.1 Å². The third kappa shape index (κ3) is 3.09. The third-order valence-electron chi connectivity index (χ3n) is 3.49. The van der Waals surface area contributed by atoms with E-state index in [1.807, 2.05) is 6.07 Å². The smallest absolute Gasteiger partial charge is 0.221 e. The quantitative estimate of drug-likeness (QED) is 0.370. The molecule has 0 bridgehead atoms. The number of nitrogen functional groups attached to an aromatic ring is 2. The summed E-state index contributed by atoms with van der Waals surface area (Å²) >= 11 is 0. The van der Waals surface area contributed by atoms with E-state index in [2.05, 4.69) is 15.3 Å². The molecule has 1 heterocycles. The van der Waals surface area contributed by atoms with Gasteiger partial charge in [0.05, 0.1) is 0 Å². The Morgan fingerprint density at radius 1 is 1.08 bits per heavy atom. The van der Waals surface area contributed by atoms with Crippen LogP contribution >= 0.6 is 0 Å². The topological polar surface area (TPSA) is 134 Å². The van der Waals surface area contributed by atoms with E-state index in [4.69, 9.17) is 16.9 Å². The molecule has 0 saturated carbocycles. The highest BCUT2D eigenvalue weighted by molar-refractivity contribution is 5.95. The fourth-order valence-electron chi connectivity index (χ4n) is 2.34. The number of phenols is 1. The van der Waals surface area contributed by atoms with Crippen molar-refractivity contribution < 1.29 is 5.11 Å². The molecule has 0 atom stereocenters. The Hall–Kier alpha value is -3.61. The van der Waals surface area contributed by atoms with Crippen molar-refractivity contribution in [2.75, 3.05) is 16.8 Å². The zero-order valence-electron chi connectivity index (χ0n) is 12.7. The number of benzene rings is 2. The van der Waals surface area contributed by atoms with Gasteiger partial charge in [0, 0.05) is 34.9 Å². The number of nitrogens with one attached hydrogen (secondary N) is 2. The van der Waals surface area contributed by atoms with Crippen LogP contribution in [0.4, 0.5) is 23.1 Å². The summed E-state index contributed by atoms with van der Waals surface area (Å²) in [5, 5.41) is 20.1. The first kappa shape index (κ1) is 15.3. The van der Waals surface area contributed by atoms with Crippen molar-refractivity contribution in [1.29, 1.82) is 5.41 Å². The van der Waals surface area contributed by atoms with E-state index in [9.17, 15) is 5.11 Å². The molecule has 0 fully saturated rings. The highest BCUT2D eigenvalue weighted by Gasteiger charge is 2.10. The van der Waals surface area contributed by atoms with Crippen LogP contribution in [-0.4, -0.2) is 21.3 Å². The molecule has 3 aromatic rings. The highest BCUT2D eigenvalue weighted by atomic mass is 16.3. The Morgan fingerprint density at radius 3 is 2.50 bits per heavy atom. The number of aromatic hydroxyl groups is 1. The molecule has 0 amide bonds. The van der Waals surface area contributed by atoms with Gasteiger partial charge in [0.15, 0.2) is 0 Å². The van der Waals surface area contributed by atoms with E-state index < -0.39 is 0 Å². The fourth-order valence-corrected chi connectivity index (χ4v) is 2.34. The van der Waals surface area contributed by atoms with Crippen LogP contribution in [0.25, 0.3) is 11.1 Å². The van der Waals surface area contributed by atoms with Crippen LogP contribution < -0.4 is 16.8 Å². The zero-order chi connectivity index (χ0) is 17.1. The van der Waals surface area contributed by atoms with Crippen LogP contribution in [0.3, 0.4) is 0 Å². The maximum Gasteiger partial charge on any atom is 0.221 e. The summed E-state index contributed by atoms with van der Waals surface area (Å²) in [6.07, 6.45) is 2.75. The first-order valence-corrected chi connectivity index (χ1v) is 7.16. The van der Waals surface area contributed by atoms with Gasteiger partial charge in [-0.25, -0.2) is 4.98 Å². The van der Waals surface area contributed by atoms with Crippen LogP contribution in [0.2, 0.25) is 0 Å². The number of phenolic OH excluding ortho intramolecular Hbond substituents is 1. The van der Waals surface area contributed by atoms with Crippen LogP contribution in [0.15, 0.2) is 48.7 Å². The zero-order valence-corrected chi connectivity index (χ0v) is 12.7. The number of rotatable bonds is 4. The molecule has 2 aromatic carbocycles. The lowest BCUT2D eigenvalue weighted by Crippen LogP contribution is -2.02. The summed E-state index contributed by atoms with van der Waals surface area (Å²) in [7, 11) is 0. The van der Waals surface area contributed by atoms with Crippen molar-refractivity contribution in [1.82, 2.24) is 9.97 Å². The molecular formula is C17H16N6O. The molecule has 1 aromatic heterocycles. The van der Waals surface area contributed by atoms with Crippen molar-refractivity contribution in [2.24, 2.45) is 0 Å². The van der Waals surface area contributed by atoms with Gasteiger partial charge < -0.3 is 27.3 Å². The second kappa shape index (κ2) is 6.25. The normalized spacial score (nSPS) is 10.3. The molecule has 7 nitrogen and oxygen atoms in total. The molecule has 7 heteroatoms. The molecule has 0 aliphatic heterocycles. The Morgan fingerprint density at radius 2 is 1.83 bits per heavy atom. The average molecular weight is 320 g/mol. The van der Waals surface area contributed by atoms with E-state index in [0.29, 0.717) is 22.8 Å². The molecule has 3 rings (SSSR count). The molecule has 0 spiro atoms. The maximum absolute atomic E-state index is 9.44. The predicted octanol–water partition coefficient (Wildman–Crippen LogP) is 2.75. The van der Waals surface area contributed by atoms with E-state index in [1.54, 1.807) is 42.6 Å². The molecule has 120 valence electrons. The molecular weight excluding hydrogens is 304 g/mol. The van der Waals surface area contributed by atoms with Gasteiger partial charge in [0.25, 0.3) is 0 Å². The number of aromatic nitrogens is 2. The standard InChI is InChI=1S/C17H16N6O/c18-9-11-7-12(22-15-5-6-21-17(20)23-15)8-14(16(11)19)10-1-3-13(24)4-2-10/h1-9,18,24H,19H2,(H3,20,21,22,23). The second-order valence-corrected chi connectivity index (χ2v) is 5.14. The average Bonchev–Trinajstić information content (AvgIpc) is 2.57. The first-order valence-electron chi connectivity index (χ1n) is 7.16. The van der Waals surface area contributed by atoms with E-state index in [0.717, 1.165) is 11.1 Å². The lowest BCUT2D eigenvalue weighted by Gasteiger charge is -2.13. The van der Waals surface area contributed by atoms with Crippen LogP contribution in [-0.2, 0) is 0 Å². The number of nitrogens with zero attached hydrogens (tertiary/aromatic N) is 2. The summed E-state index contributed by atoms with van der Waals surface area (Å²) in [5.41, 5.74) is 15.1. The SMILES string of the molecule is N=Cc1cc(Nc2ccnc(N)n2)cc(-c2ccc(O)cc2)c1N. The van der Waals surface area contributed by atoms with Gasteiger partial charge >= 0.3 is 0 Å². The Bertz CT molecular complexity index is 892. The van der Waals surface area contributed by atoms with Crippen molar-refractivity contribution in [3.63, 3.8) is 0 Å². The Kier molecular flexibility index (Phi) is 3.98. The van der Waals surface area contributed by atoms with Crippen molar-refractivity contribution >= 4 is 29.4 Å². The van der Waals surface area contributed by atoms with Gasteiger partial charge in [0.1, 0.15) is 11.6 Å². The summed E-state index contributed by atoms with van der Waals surface area (Å²) < 4.78 is 0. The largest absolute Gasteiger partial charge is 0.508 e. The van der Waals surface area contributed by atoms with E-state index >= 15 is 0 Å². The third-order valence-corrected chi connectivity index (χ3v) is 3.49. The first-order chi connectivity index (χ1) is 11.6. The van der Waals surface area contributed by atoms with E-state index in [1.165, 1.54) is 6.21 Å². The van der Waals surface area contributed by atoms with Gasteiger partial charge in [-0.2, -0.15) is 4.98 Å². The summed E-state index contributed by atoms with van der Waals surface area (Å²) in [6.45, 7) is 0. The lowest BCUT2D eigenvalue weighted by atomic mass is 9.99. The van der Waals surface area contributed by atoms with Gasteiger partial charge in [-0.05, 0) is 35.9 Å². The minimum absolute atomic E-state index is 0.168. The molecule has 0 radical (unpaired) electrons. The maximum atomic E-state index is 9.44. The summed E-state index contributed by atoms with van der Waals surface area (Å²) in [5.74, 6) is 0.886. The molecule has 24 heavy (non-hydrogen) atoms. The van der Waals surface area contributed by atoms with Crippen molar-refractivity contribution in [2.45, 2.75) is 0 Å². The lowest BCUT2D eigenvalue weighted by molar-refractivity contribution is 0.475. The Balaban J connectivity index is 2.06. The van der Waals surface area contributed by atoms with E-state index in [-0.39, 0.29) is 11.7 Å². The second-order valence-electron chi connectivity index (χ2n) is 5.14. The fraction of sp³-hybridized carbons (Fsp3) is 0. The van der Waals surface area contributed by atoms with Gasteiger partial charge in [-0.15, -0.1) is 0 Å². The van der Waals surface area contributed by atoms with Crippen LogP contribution in [0.5, 0.6) is 5.75 Å². The number of hydrogen-bond donors (Lipinski definition) is 5. The highest BCUT2D eigenvalue weighted by Crippen LogP contribution is 2.33.